The van der Waals surface area contributed by atoms with E-state index in [2.05, 4.69) is 9.97 Å². The lowest BCUT2D eigenvalue weighted by molar-refractivity contribution is 0.0999. The molecule has 0 saturated heterocycles. The van der Waals surface area contributed by atoms with Gasteiger partial charge in [0.2, 0.25) is 0 Å². The lowest BCUT2D eigenvalue weighted by Crippen LogP contribution is -2.23. The first kappa shape index (κ1) is 8.43. The Kier molecular flexibility index (Phi) is 1.78. The molecule has 0 aromatic carbocycles. The Morgan fingerprint density at radius 3 is 3.00 bits per heavy atom. The Bertz CT molecular complexity index is 559. The third-order valence-corrected chi connectivity index (χ3v) is 1.88. The molecule has 0 unspecified atom stereocenters. The van der Waals surface area contributed by atoms with Gasteiger partial charge in [0.05, 0.1) is 11.0 Å². The SMILES string of the molecule is NC(=O)c1cc2ncccc2[nH]c1=O. The molecule has 0 aliphatic carbocycles. The van der Waals surface area contributed by atoms with Gasteiger partial charge < -0.3 is 10.7 Å². The summed E-state index contributed by atoms with van der Waals surface area (Å²) in [5.74, 6) is -0.751. The van der Waals surface area contributed by atoms with Crippen molar-refractivity contribution in [3.63, 3.8) is 0 Å². The van der Waals surface area contributed by atoms with Crippen LogP contribution in [0, 0.1) is 0 Å². The minimum atomic E-state index is -0.751. The summed E-state index contributed by atoms with van der Waals surface area (Å²) < 4.78 is 0. The van der Waals surface area contributed by atoms with Gasteiger partial charge in [0.15, 0.2) is 0 Å². The van der Waals surface area contributed by atoms with E-state index in [0.717, 1.165) is 0 Å². The number of carbonyl (C=O) groups is 1. The van der Waals surface area contributed by atoms with Gasteiger partial charge in [-0.1, -0.05) is 0 Å². The molecule has 14 heavy (non-hydrogen) atoms. The molecule has 0 aliphatic heterocycles. The second-order valence-electron chi connectivity index (χ2n) is 2.81. The summed E-state index contributed by atoms with van der Waals surface area (Å²) in [5, 5.41) is 0. The highest BCUT2D eigenvalue weighted by Crippen LogP contribution is 2.05. The van der Waals surface area contributed by atoms with Gasteiger partial charge in [-0.2, -0.15) is 0 Å². The molecule has 0 saturated carbocycles. The molecule has 5 nitrogen and oxygen atoms in total. The third kappa shape index (κ3) is 1.24. The molecule has 0 atom stereocenters. The van der Waals surface area contributed by atoms with E-state index in [1.54, 1.807) is 18.3 Å². The summed E-state index contributed by atoms with van der Waals surface area (Å²) in [6.07, 6.45) is 1.57. The number of aromatic amines is 1. The first-order valence-corrected chi connectivity index (χ1v) is 3.96. The van der Waals surface area contributed by atoms with Gasteiger partial charge in [-0.3, -0.25) is 14.6 Å². The summed E-state index contributed by atoms with van der Waals surface area (Å²) in [6, 6.07) is 4.78. The highest BCUT2D eigenvalue weighted by atomic mass is 16.2. The molecule has 1 amide bonds. The van der Waals surface area contributed by atoms with Gasteiger partial charge in [-0.25, -0.2) is 0 Å². The van der Waals surface area contributed by atoms with Crippen molar-refractivity contribution >= 4 is 16.9 Å². The molecular formula is C9H7N3O2. The Morgan fingerprint density at radius 2 is 2.29 bits per heavy atom. The van der Waals surface area contributed by atoms with Crippen LogP contribution in [0.2, 0.25) is 0 Å². The van der Waals surface area contributed by atoms with E-state index in [-0.39, 0.29) is 5.56 Å². The maximum Gasteiger partial charge on any atom is 0.261 e. The molecule has 0 bridgehead atoms. The number of rotatable bonds is 1. The Hall–Kier alpha value is -2.17. The van der Waals surface area contributed by atoms with E-state index in [1.165, 1.54) is 6.07 Å². The zero-order valence-electron chi connectivity index (χ0n) is 7.15. The number of pyridine rings is 2. The fraction of sp³-hybridized carbons (Fsp3) is 0. The predicted octanol–water partition coefficient (Wildman–Crippen LogP) is 0.0220. The van der Waals surface area contributed by atoms with Crippen LogP contribution in [0.3, 0.4) is 0 Å². The Morgan fingerprint density at radius 1 is 1.50 bits per heavy atom. The van der Waals surface area contributed by atoms with E-state index in [4.69, 9.17) is 5.73 Å². The van der Waals surface area contributed by atoms with Crippen LogP contribution in [0.15, 0.2) is 29.2 Å². The topological polar surface area (TPSA) is 88.8 Å². The summed E-state index contributed by atoms with van der Waals surface area (Å²) in [7, 11) is 0. The van der Waals surface area contributed by atoms with Crippen LogP contribution >= 0.6 is 0 Å². The van der Waals surface area contributed by atoms with Crippen molar-refractivity contribution in [3.05, 3.63) is 40.3 Å². The smallest absolute Gasteiger partial charge is 0.261 e. The molecule has 2 rings (SSSR count). The predicted molar refractivity (Wildman–Crippen MR) is 50.9 cm³/mol. The Labute approximate surface area is 78.6 Å². The number of H-pyrrole nitrogens is 1. The number of primary amides is 1. The largest absolute Gasteiger partial charge is 0.365 e. The number of fused-ring (bicyclic) bond motifs is 1. The van der Waals surface area contributed by atoms with E-state index in [1.807, 2.05) is 0 Å². The van der Waals surface area contributed by atoms with Crippen LogP contribution in [0.1, 0.15) is 10.4 Å². The number of carbonyl (C=O) groups excluding carboxylic acids is 1. The van der Waals surface area contributed by atoms with E-state index < -0.39 is 11.5 Å². The molecule has 0 aliphatic rings. The standard InChI is InChI=1S/C9H7N3O2/c10-8(13)5-4-7-6(12-9(5)14)2-1-3-11-7/h1-4H,(H2,10,13)(H,12,14). The van der Waals surface area contributed by atoms with Crippen molar-refractivity contribution in [2.24, 2.45) is 5.73 Å². The molecular weight excluding hydrogens is 182 g/mol. The lowest BCUT2D eigenvalue weighted by atomic mass is 10.2. The van der Waals surface area contributed by atoms with Gasteiger partial charge in [-0.15, -0.1) is 0 Å². The summed E-state index contributed by atoms with van der Waals surface area (Å²) >= 11 is 0. The molecule has 0 spiro atoms. The number of nitrogens with two attached hydrogens (primary N) is 1. The molecule has 2 aromatic rings. The van der Waals surface area contributed by atoms with Gasteiger partial charge in [0, 0.05) is 6.20 Å². The monoisotopic (exact) mass is 189 g/mol. The van der Waals surface area contributed by atoms with Crippen molar-refractivity contribution in [1.82, 2.24) is 9.97 Å². The molecule has 3 N–H and O–H groups in total. The zero-order valence-corrected chi connectivity index (χ0v) is 7.15. The quantitative estimate of drug-likeness (QED) is 0.662. The van der Waals surface area contributed by atoms with Crippen molar-refractivity contribution in [1.29, 1.82) is 0 Å². The first-order chi connectivity index (χ1) is 6.68. The molecule has 0 fully saturated rings. The number of nitrogens with zero attached hydrogens (tertiary/aromatic N) is 1. The second-order valence-corrected chi connectivity index (χ2v) is 2.81. The van der Waals surface area contributed by atoms with Crippen molar-refractivity contribution < 1.29 is 4.79 Å². The van der Waals surface area contributed by atoms with Crippen LogP contribution in [-0.4, -0.2) is 15.9 Å². The highest BCUT2D eigenvalue weighted by Gasteiger charge is 2.07. The number of amides is 1. The normalized spacial score (nSPS) is 10.3. The average molecular weight is 189 g/mol. The van der Waals surface area contributed by atoms with Crippen LogP contribution in [0.5, 0.6) is 0 Å². The average Bonchev–Trinajstić information content (AvgIpc) is 2.16. The fourth-order valence-corrected chi connectivity index (χ4v) is 1.21. The maximum atomic E-state index is 11.3. The highest BCUT2D eigenvalue weighted by molar-refractivity contribution is 5.95. The first-order valence-electron chi connectivity index (χ1n) is 3.96. The van der Waals surface area contributed by atoms with Crippen molar-refractivity contribution in [2.75, 3.05) is 0 Å². The molecule has 5 heteroatoms. The summed E-state index contributed by atoms with van der Waals surface area (Å²) in [6.45, 7) is 0. The third-order valence-electron chi connectivity index (χ3n) is 1.88. The second kappa shape index (κ2) is 2.95. The van der Waals surface area contributed by atoms with E-state index in [9.17, 15) is 9.59 Å². The molecule has 0 radical (unpaired) electrons. The fourth-order valence-electron chi connectivity index (χ4n) is 1.21. The summed E-state index contributed by atoms with van der Waals surface area (Å²) in [5.41, 5.74) is 5.59. The van der Waals surface area contributed by atoms with Crippen LogP contribution in [0.25, 0.3) is 11.0 Å². The molecule has 2 heterocycles. The van der Waals surface area contributed by atoms with Gasteiger partial charge in [0.1, 0.15) is 5.56 Å². The van der Waals surface area contributed by atoms with Crippen molar-refractivity contribution in [2.45, 2.75) is 0 Å². The Balaban J connectivity index is 2.84. The van der Waals surface area contributed by atoms with Gasteiger partial charge in [0.25, 0.3) is 11.5 Å². The van der Waals surface area contributed by atoms with E-state index >= 15 is 0 Å². The molecule has 2 aromatic heterocycles. The number of nitrogens with one attached hydrogen (secondary N) is 1. The van der Waals surface area contributed by atoms with Crippen molar-refractivity contribution in [3.8, 4) is 0 Å². The van der Waals surface area contributed by atoms with Crippen LogP contribution < -0.4 is 11.3 Å². The lowest BCUT2D eigenvalue weighted by Gasteiger charge is -1.97. The zero-order chi connectivity index (χ0) is 10.1. The number of hydrogen-bond acceptors (Lipinski definition) is 3. The van der Waals surface area contributed by atoms with Crippen LogP contribution in [0.4, 0.5) is 0 Å². The number of hydrogen-bond donors (Lipinski definition) is 2. The van der Waals surface area contributed by atoms with Gasteiger partial charge >= 0.3 is 0 Å². The minimum absolute atomic E-state index is 0.0730. The van der Waals surface area contributed by atoms with Gasteiger partial charge in [-0.05, 0) is 18.2 Å². The maximum absolute atomic E-state index is 11.3. The minimum Gasteiger partial charge on any atom is -0.365 e. The molecule has 70 valence electrons. The van der Waals surface area contributed by atoms with E-state index in [0.29, 0.717) is 11.0 Å². The number of aromatic nitrogens is 2. The summed E-state index contributed by atoms with van der Waals surface area (Å²) in [4.78, 5) is 28.6. The van der Waals surface area contributed by atoms with Crippen LogP contribution in [-0.2, 0) is 0 Å².